The fourth-order valence-corrected chi connectivity index (χ4v) is 4.30. The van der Waals surface area contributed by atoms with Gasteiger partial charge in [0.2, 0.25) is 0 Å². The summed E-state index contributed by atoms with van der Waals surface area (Å²) in [5.74, 6) is 0.835. The number of aryl methyl sites for hydroxylation is 3. The van der Waals surface area contributed by atoms with Gasteiger partial charge >= 0.3 is 0 Å². The normalized spacial score (nSPS) is 11.0. The number of benzene rings is 4. The van der Waals surface area contributed by atoms with Crippen molar-refractivity contribution in [3.05, 3.63) is 130 Å². The molecule has 0 radical (unpaired) electrons. The summed E-state index contributed by atoms with van der Waals surface area (Å²) < 4.78 is 5.27. The minimum atomic E-state index is -0.000594. The zero-order chi connectivity index (χ0) is 24.8. The molecule has 0 heterocycles. The van der Waals surface area contributed by atoms with Crippen LogP contribution in [0.1, 0.15) is 43.7 Å². The number of ether oxygens (including phenoxy) is 1. The molecule has 176 valence electrons. The van der Waals surface area contributed by atoms with Crippen molar-refractivity contribution in [2.75, 3.05) is 12.0 Å². The van der Waals surface area contributed by atoms with Crippen LogP contribution in [0, 0.1) is 20.8 Å². The molecule has 3 nitrogen and oxygen atoms in total. The molecule has 0 spiro atoms. The van der Waals surface area contributed by atoms with Crippen LogP contribution in [0.2, 0.25) is 0 Å². The number of hydrogen-bond donors (Lipinski definition) is 0. The van der Waals surface area contributed by atoms with Gasteiger partial charge in [0.1, 0.15) is 5.75 Å². The van der Waals surface area contributed by atoms with Crippen molar-refractivity contribution in [3.8, 4) is 5.75 Å². The summed E-state index contributed by atoms with van der Waals surface area (Å²) in [4.78, 5) is 15.7. The summed E-state index contributed by atoms with van der Waals surface area (Å²) in [5.41, 5.74) is 8.26. The molecule has 0 unspecified atom stereocenters. The lowest BCUT2D eigenvalue weighted by atomic mass is 9.96. The maximum Gasteiger partial charge on any atom is 0.258 e. The molecule has 0 saturated carbocycles. The SMILES string of the molecule is COc1ccc(C=Cc2cc(C)cc(C)c2CN(C(=O)c2ccccc2C)c2ccccc2)cc1. The quantitative estimate of drug-likeness (QED) is 0.265. The second-order valence-electron chi connectivity index (χ2n) is 8.80. The van der Waals surface area contributed by atoms with Gasteiger partial charge in [0, 0.05) is 11.3 Å². The first-order valence-electron chi connectivity index (χ1n) is 11.8. The second kappa shape index (κ2) is 10.9. The maximum absolute atomic E-state index is 13.8. The summed E-state index contributed by atoms with van der Waals surface area (Å²) in [7, 11) is 1.67. The number of anilines is 1. The summed E-state index contributed by atoms with van der Waals surface area (Å²) in [6.07, 6.45) is 4.24. The van der Waals surface area contributed by atoms with E-state index in [1.165, 1.54) is 5.56 Å². The first-order chi connectivity index (χ1) is 17.0. The highest BCUT2D eigenvalue weighted by Gasteiger charge is 2.21. The monoisotopic (exact) mass is 461 g/mol. The molecule has 4 aromatic rings. The van der Waals surface area contributed by atoms with Crippen molar-refractivity contribution >= 4 is 23.7 Å². The minimum Gasteiger partial charge on any atom is -0.497 e. The molecule has 0 saturated heterocycles. The summed E-state index contributed by atoms with van der Waals surface area (Å²) >= 11 is 0. The molecule has 0 fully saturated rings. The van der Waals surface area contributed by atoms with Crippen LogP contribution in [-0.4, -0.2) is 13.0 Å². The van der Waals surface area contributed by atoms with Gasteiger partial charge in [-0.25, -0.2) is 0 Å². The van der Waals surface area contributed by atoms with Gasteiger partial charge in [-0.2, -0.15) is 0 Å². The Labute approximate surface area is 208 Å². The van der Waals surface area contributed by atoms with Gasteiger partial charge in [-0.05, 0) is 78.9 Å². The van der Waals surface area contributed by atoms with Crippen molar-refractivity contribution in [1.82, 2.24) is 0 Å². The van der Waals surface area contributed by atoms with Gasteiger partial charge in [-0.1, -0.05) is 78.4 Å². The fraction of sp³-hybridized carbons (Fsp3) is 0.156. The average Bonchev–Trinajstić information content (AvgIpc) is 2.87. The lowest BCUT2D eigenvalue weighted by Crippen LogP contribution is -2.31. The number of carbonyl (C=O) groups is 1. The molecule has 0 aliphatic carbocycles. The third-order valence-electron chi connectivity index (χ3n) is 6.23. The van der Waals surface area contributed by atoms with E-state index in [2.05, 4.69) is 38.1 Å². The van der Waals surface area contributed by atoms with Crippen LogP contribution in [0.25, 0.3) is 12.2 Å². The van der Waals surface area contributed by atoms with E-state index in [1.54, 1.807) is 7.11 Å². The molecule has 4 rings (SSSR count). The molecule has 4 aromatic carbocycles. The van der Waals surface area contributed by atoms with Crippen molar-refractivity contribution in [1.29, 1.82) is 0 Å². The van der Waals surface area contributed by atoms with E-state index in [0.717, 1.165) is 44.8 Å². The third-order valence-corrected chi connectivity index (χ3v) is 6.23. The van der Waals surface area contributed by atoms with Crippen molar-refractivity contribution < 1.29 is 9.53 Å². The molecule has 3 heteroatoms. The molecule has 0 N–H and O–H groups in total. The lowest BCUT2D eigenvalue weighted by molar-refractivity contribution is 0.0984. The van der Waals surface area contributed by atoms with Gasteiger partial charge < -0.3 is 9.64 Å². The van der Waals surface area contributed by atoms with E-state index in [-0.39, 0.29) is 5.91 Å². The number of carbonyl (C=O) groups excluding carboxylic acids is 1. The first-order valence-corrected chi connectivity index (χ1v) is 11.8. The summed E-state index contributed by atoms with van der Waals surface area (Å²) in [5, 5.41) is 0. The van der Waals surface area contributed by atoms with Crippen molar-refractivity contribution in [2.24, 2.45) is 0 Å². The highest BCUT2D eigenvalue weighted by atomic mass is 16.5. The predicted octanol–water partition coefficient (Wildman–Crippen LogP) is 7.64. The molecule has 0 aromatic heterocycles. The molecule has 0 aliphatic heterocycles. The Balaban J connectivity index is 1.74. The summed E-state index contributed by atoms with van der Waals surface area (Å²) in [6.45, 7) is 6.69. The molecular weight excluding hydrogens is 430 g/mol. The Morgan fingerprint density at radius 1 is 0.800 bits per heavy atom. The van der Waals surface area contributed by atoms with E-state index < -0.39 is 0 Å². The van der Waals surface area contributed by atoms with E-state index in [9.17, 15) is 4.79 Å². The Bertz CT molecular complexity index is 1340. The molecule has 0 atom stereocenters. The van der Waals surface area contributed by atoms with Gasteiger partial charge in [-0.3, -0.25) is 4.79 Å². The highest BCUT2D eigenvalue weighted by Crippen LogP contribution is 2.27. The van der Waals surface area contributed by atoms with Crippen LogP contribution < -0.4 is 9.64 Å². The smallest absolute Gasteiger partial charge is 0.258 e. The highest BCUT2D eigenvalue weighted by molar-refractivity contribution is 6.07. The third kappa shape index (κ3) is 5.70. The Morgan fingerprint density at radius 2 is 1.49 bits per heavy atom. The number of nitrogens with zero attached hydrogens (tertiary/aromatic N) is 1. The zero-order valence-corrected chi connectivity index (χ0v) is 20.8. The zero-order valence-electron chi connectivity index (χ0n) is 20.8. The van der Waals surface area contributed by atoms with Crippen LogP contribution in [-0.2, 0) is 6.54 Å². The van der Waals surface area contributed by atoms with Gasteiger partial charge in [0.15, 0.2) is 0 Å². The minimum absolute atomic E-state index is 0.000594. The predicted molar refractivity (Wildman–Crippen MR) is 146 cm³/mol. The Morgan fingerprint density at radius 3 is 2.17 bits per heavy atom. The largest absolute Gasteiger partial charge is 0.497 e. The van der Waals surface area contributed by atoms with Crippen LogP contribution in [0.4, 0.5) is 5.69 Å². The van der Waals surface area contributed by atoms with E-state index >= 15 is 0 Å². The standard InChI is InChI=1S/C32H31NO2/c1-23-20-25(3)31(27(21-23)17-14-26-15-18-29(35-4)19-16-26)22-33(28-11-6-5-7-12-28)32(34)30-13-9-8-10-24(30)2/h5-21H,22H2,1-4H3. The van der Waals surface area contributed by atoms with E-state index in [0.29, 0.717) is 6.54 Å². The van der Waals surface area contributed by atoms with Gasteiger partial charge in [0.05, 0.1) is 13.7 Å². The number of hydrogen-bond acceptors (Lipinski definition) is 2. The van der Waals surface area contributed by atoms with Gasteiger partial charge in [0.25, 0.3) is 5.91 Å². The van der Waals surface area contributed by atoms with Crippen LogP contribution in [0.3, 0.4) is 0 Å². The molecule has 35 heavy (non-hydrogen) atoms. The molecule has 0 aliphatic rings. The number of rotatable bonds is 7. The number of amides is 1. The van der Waals surface area contributed by atoms with Crippen LogP contribution in [0.15, 0.2) is 91.0 Å². The second-order valence-corrected chi connectivity index (χ2v) is 8.80. The Hall–Kier alpha value is -4.11. The van der Waals surface area contributed by atoms with Crippen LogP contribution in [0.5, 0.6) is 5.75 Å². The maximum atomic E-state index is 13.8. The molecule has 1 amide bonds. The van der Waals surface area contributed by atoms with E-state index in [1.807, 2.05) is 90.7 Å². The van der Waals surface area contributed by atoms with Crippen LogP contribution >= 0.6 is 0 Å². The fourth-order valence-electron chi connectivity index (χ4n) is 4.30. The van der Waals surface area contributed by atoms with E-state index in [4.69, 9.17) is 4.74 Å². The summed E-state index contributed by atoms with van der Waals surface area (Å²) in [6, 6.07) is 30.0. The Kier molecular flexibility index (Phi) is 7.47. The topological polar surface area (TPSA) is 29.5 Å². The first kappa shape index (κ1) is 24.0. The molecular formula is C32H31NO2. The molecule has 0 bridgehead atoms. The van der Waals surface area contributed by atoms with Crippen molar-refractivity contribution in [3.63, 3.8) is 0 Å². The van der Waals surface area contributed by atoms with Gasteiger partial charge in [-0.15, -0.1) is 0 Å². The number of para-hydroxylation sites is 1. The van der Waals surface area contributed by atoms with Crippen molar-refractivity contribution in [2.45, 2.75) is 27.3 Å². The average molecular weight is 462 g/mol. The number of methoxy groups -OCH3 is 1. The lowest BCUT2D eigenvalue weighted by Gasteiger charge is -2.26.